The second-order valence-corrected chi connectivity index (χ2v) is 6.59. The largest absolute Gasteiger partial charge is 0.359 e. The van der Waals surface area contributed by atoms with Gasteiger partial charge in [-0.2, -0.15) is 0 Å². The van der Waals surface area contributed by atoms with Crippen LogP contribution < -0.4 is 21.0 Å². The average Bonchev–Trinajstić information content (AvgIpc) is 3.03. The first-order valence-corrected chi connectivity index (χ1v) is 8.66. The van der Waals surface area contributed by atoms with Crippen LogP contribution >= 0.6 is 11.6 Å². The van der Waals surface area contributed by atoms with Crippen LogP contribution in [-0.4, -0.2) is 36.7 Å². The average molecular weight is 350 g/mol. The van der Waals surface area contributed by atoms with Crippen molar-refractivity contribution in [2.75, 3.05) is 25.0 Å². The molecule has 1 unspecified atom stereocenters. The Balaban J connectivity index is 1.66. The highest BCUT2D eigenvalue weighted by atomic mass is 35.5. The van der Waals surface area contributed by atoms with Crippen molar-refractivity contribution in [1.82, 2.24) is 10.3 Å². The molecule has 2 heterocycles. The highest BCUT2D eigenvalue weighted by Crippen LogP contribution is 2.16. The number of quaternary nitrogens is 1. The fourth-order valence-electron chi connectivity index (χ4n) is 3.37. The van der Waals surface area contributed by atoms with E-state index in [1.165, 1.54) is 17.5 Å². The zero-order chi connectivity index (χ0) is 17.1. The first-order chi connectivity index (χ1) is 11.6. The lowest BCUT2D eigenvalue weighted by Crippen LogP contribution is -3.14. The van der Waals surface area contributed by atoms with Crippen LogP contribution in [0.2, 0.25) is 5.02 Å². The van der Waals surface area contributed by atoms with Crippen LogP contribution in [0.3, 0.4) is 0 Å². The van der Waals surface area contributed by atoms with Crippen LogP contribution in [0, 0.1) is 0 Å². The number of benzene rings is 1. The van der Waals surface area contributed by atoms with E-state index in [1.807, 2.05) is 0 Å². The second kappa shape index (κ2) is 7.23. The van der Waals surface area contributed by atoms with E-state index in [0.717, 1.165) is 19.5 Å². The summed E-state index contributed by atoms with van der Waals surface area (Å²) >= 11 is 5.92. The molecule has 2 aromatic rings. The minimum Gasteiger partial charge on any atom is -0.359 e. The molecule has 1 aromatic heterocycles. The number of rotatable bonds is 4. The quantitative estimate of drug-likeness (QED) is 0.672. The van der Waals surface area contributed by atoms with E-state index >= 15 is 0 Å². The Morgan fingerprint density at radius 3 is 3.08 bits per heavy atom. The van der Waals surface area contributed by atoms with Crippen LogP contribution in [0.5, 0.6) is 0 Å². The highest BCUT2D eigenvalue weighted by molar-refractivity contribution is 6.31. The molecule has 4 N–H and O–H groups in total. The second-order valence-electron chi connectivity index (χ2n) is 6.16. The van der Waals surface area contributed by atoms with Crippen LogP contribution in [-0.2, 0) is 0 Å². The van der Waals surface area contributed by atoms with Crippen molar-refractivity contribution in [2.24, 2.45) is 0 Å². The molecular weight excluding hydrogens is 328 g/mol. The topological polar surface area (TPSA) is 78.4 Å². The lowest BCUT2D eigenvalue weighted by molar-refractivity contribution is -0.909. The number of pyridine rings is 1. The molecule has 24 heavy (non-hydrogen) atoms. The van der Waals surface area contributed by atoms with E-state index < -0.39 is 0 Å². The number of aromatic nitrogens is 1. The summed E-state index contributed by atoms with van der Waals surface area (Å²) in [7, 11) is 0. The molecule has 1 aromatic carbocycles. The van der Waals surface area contributed by atoms with Gasteiger partial charge in [0.25, 0.3) is 0 Å². The predicted molar refractivity (Wildman–Crippen MR) is 96.0 cm³/mol. The van der Waals surface area contributed by atoms with Crippen molar-refractivity contribution < 1.29 is 9.69 Å². The zero-order valence-corrected chi connectivity index (χ0v) is 14.4. The van der Waals surface area contributed by atoms with Crippen molar-refractivity contribution in [3.8, 4) is 0 Å². The summed E-state index contributed by atoms with van der Waals surface area (Å²) in [6, 6.07) is 5.10. The van der Waals surface area contributed by atoms with Gasteiger partial charge in [0.2, 0.25) is 5.43 Å². The molecule has 3 rings (SSSR count). The van der Waals surface area contributed by atoms with Gasteiger partial charge < -0.3 is 20.5 Å². The van der Waals surface area contributed by atoms with E-state index in [0.29, 0.717) is 28.5 Å². The van der Waals surface area contributed by atoms with Gasteiger partial charge in [0.15, 0.2) is 0 Å². The third-order valence-electron chi connectivity index (χ3n) is 4.68. The van der Waals surface area contributed by atoms with Crippen LogP contribution in [0.25, 0.3) is 10.9 Å². The number of fused-ring (bicyclic) bond motifs is 1. The third-order valence-corrected chi connectivity index (χ3v) is 4.92. The molecule has 0 bridgehead atoms. The number of likely N-dealkylation sites (N-methyl/N-ethyl adjacent to an activating group) is 1. The summed E-state index contributed by atoms with van der Waals surface area (Å²) < 4.78 is 0. The van der Waals surface area contributed by atoms with Gasteiger partial charge in [0.1, 0.15) is 11.7 Å². The monoisotopic (exact) mass is 349 g/mol. The van der Waals surface area contributed by atoms with Crippen molar-refractivity contribution in [3.05, 3.63) is 39.6 Å². The van der Waals surface area contributed by atoms with Gasteiger partial charge in [0, 0.05) is 29.4 Å². The summed E-state index contributed by atoms with van der Waals surface area (Å²) in [5.41, 5.74) is 0.650. The molecule has 1 fully saturated rings. The Morgan fingerprint density at radius 2 is 2.29 bits per heavy atom. The maximum Gasteiger partial charge on any atom is 0.319 e. The Hall–Kier alpha value is -2.05. The van der Waals surface area contributed by atoms with E-state index in [9.17, 15) is 9.59 Å². The fraction of sp³-hybridized carbons (Fsp3) is 0.412. The standard InChI is InChI=1S/C17H21ClN4O2/c1-2-22-7-3-4-12(22)9-20-17(24)21-15-10-19-14-8-11(18)5-6-13(14)16(15)23/h5-6,8,10,12H,2-4,7,9H2,1H3,(H,19,23)(H2,20,21,24)/p+1/t12-/m0/s1. The van der Waals surface area contributed by atoms with E-state index in [1.54, 1.807) is 18.2 Å². The number of aromatic amines is 1. The maximum absolute atomic E-state index is 12.4. The van der Waals surface area contributed by atoms with Gasteiger partial charge in [-0.3, -0.25) is 4.79 Å². The number of nitrogens with one attached hydrogen (secondary N) is 4. The van der Waals surface area contributed by atoms with Crippen molar-refractivity contribution in [1.29, 1.82) is 0 Å². The molecule has 0 radical (unpaired) electrons. The summed E-state index contributed by atoms with van der Waals surface area (Å²) in [4.78, 5) is 29.0. The number of carbonyl (C=O) groups is 1. The SMILES string of the molecule is CC[NH+]1CCC[C@H]1CNC(=O)Nc1c[nH]c2cc(Cl)ccc2c1=O. The Morgan fingerprint density at radius 1 is 1.46 bits per heavy atom. The Labute approximate surface area is 145 Å². The van der Waals surface area contributed by atoms with Gasteiger partial charge in [0.05, 0.1) is 25.2 Å². The number of halogens is 1. The van der Waals surface area contributed by atoms with Gasteiger partial charge in [-0.1, -0.05) is 11.6 Å². The van der Waals surface area contributed by atoms with E-state index in [2.05, 4.69) is 22.5 Å². The number of carbonyl (C=O) groups excluding carboxylic acids is 1. The zero-order valence-electron chi connectivity index (χ0n) is 13.6. The minimum atomic E-state index is -0.351. The Kier molecular flexibility index (Phi) is 5.06. The number of hydrogen-bond acceptors (Lipinski definition) is 2. The van der Waals surface area contributed by atoms with Crippen molar-refractivity contribution in [2.45, 2.75) is 25.8 Å². The van der Waals surface area contributed by atoms with Gasteiger partial charge in [-0.25, -0.2) is 4.79 Å². The minimum absolute atomic E-state index is 0.225. The molecule has 2 atom stereocenters. The first-order valence-electron chi connectivity index (χ1n) is 8.29. The van der Waals surface area contributed by atoms with Crippen molar-refractivity contribution >= 4 is 34.2 Å². The summed E-state index contributed by atoms with van der Waals surface area (Å²) in [6.07, 6.45) is 3.82. The first kappa shape index (κ1) is 16.8. The molecule has 1 saturated heterocycles. The molecule has 0 aliphatic carbocycles. The van der Waals surface area contributed by atoms with E-state index in [4.69, 9.17) is 11.6 Å². The summed E-state index contributed by atoms with van der Waals surface area (Å²) in [6.45, 7) is 5.02. The fourth-order valence-corrected chi connectivity index (χ4v) is 3.54. The lowest BCUT2D eigenvalue weighted by Gasteiger charge is -2.20. The highest BCUT2D eigenvalue weighted by Gasteiger charge is 2.27. The van der Waals surface area contributed by atoms with Crippen molar-refractivity contribution in [3.63, 3.8) is 0 Å². The van der Waals surface area contributed by atoms with E-state index in [-0.39, 0.29) is 17.1 Å². The normalized spacial score (nSPS) is 20.2. The molecular formula is C17H22ClN4O2+. The van der Waals surface area contributed by atoms with Gasteiger partial charge in [-0.05, 0) is 25.1 Å². The molecule has 0 saturated carbocycles. The predicted octanol–water partition coefficient (Wildman–Crippen LogP) is 1.37. The lowest BCUT2D eigenvalue weighted by atomic mass is 10.2. The number of urea groups is 1. The molecule has 7 heteroatoms. The smallest absolute Gasteiger partial charge is 0.319 e. The van der Waals surface area contributed by atoms with Crippen LogP contribution in [0.15, 0.2) is 29.2 Å². The van der Waals surface area contributed by atoms with Crippen LogP contribution in [0.4, 0.5) is 10.5 Å². The number of anilines is 1. The molecule has 0 spiro atoms. The molecule has 128 valence electrons. The number of hydrogen-bond donors (Lipinski definition) is 4. The Bertz CT molecular complexity index is 805. The summed E-state index contributed by atoms with van der Waals surface area (Å²) in [5.74, 6) is 0. The maximum atomic E-state index is 12.4. The summed E-state index contributed by atoms with van der Waals surface area (Å²) in [5, 5.41) is 6.56. The molecule has 1 aliphatic rings. The number of amides is 2. The van der Waals surface area contributed by atoms with Gasteiger partial charge in [-0.15, -0.1) is 0 Å². The third kappa shape index (κ3) is 3.55. The number of likely N-dealkylation sites (tertiary alicyclic amines) is 1. The number of H-pyrrole nitrogens is 1. The van der Waals surface area contributed by atoms with Crippen LogP contribution in [0.1, 0.15) is 19.8 Å². The molecule has 1 aliphatic heterocycles. The molecule has 6 nitrogen and oxygen atoms in total. The van der Waals surface area contributed by atoms with Gasteiger partial charge >= 0.3 is 6.03 Å². The molecule has 2 amide bonds.